The molecule has 0 bridgehead atoms. The molecule has 0 unspecified atom stereocenters. The van der Waals surface area contributed by atoms with Crippen molar-refractivity contribution < 1.29 is 24.5 Å². The molecule has 2 heterocycles. The predicted octanol–water partition coefficient (Wildman–Crippen LogP) is 2.11. The van der Waals surface area contributed by atoms with Crippen LogP contribution in [0.15, 0.2) is 54.6 Å². The minimum absolute atomic E-state index is 0.00590. The minimum atomic E-state index is -0.948. The summed E-state index contributed by atoms with van der Waals surface area (Å²) in [5.74, 6) is 0.407. The third kappa shape index (κ3) is 5.37. The van der Waals surface area contributed by atoms with Crippen LogP contribution in [0.1, 0.15) is 35.2 Å². The molecule has 2 amide bonds. The monoisotopic (exact) mass is 452 g/mol. The number of hydrogen-bond acceptors (Lipinski definition) is 5. The molecule has 4 rings (SSSR count). The number of para-hydroxylation sites is 1. The van der Waals surface area contributed by atoms with Gasteiger partial charge in [0.05, 0.1) is 12.2 Å². The second-order valence-electron chi connectivity index (χ2n) is 9.35. The zero-order valence-electron chi connectivity index (χ0n) is 19.0. The van der Waals surface area contributed by atoms with Gasteiger partial charge in [-0.2, -0.15) is 0 Å². The molecule has 0 radical (unpaired) electrons. The van der Waals surface area contributed by atoms with Crippen molar-refractivity contribution >= 4 is 11.8 Å². The molecular formula is C26H32N2O5. The Bertz CT molecular complexity index is 972. The summed E-state index contributed by atoms with van der Waals surface area (Å²) in [5, 5.41) is 21.7. The average Bonchev–Trinajstić information content (AvgIpc) is 2.83. The van der Waals surface area contributed by atoms with Crippen molar-refractivity contribution in [2.75, 3.05) is 33.3 Å². The number of rotatable bonds is 1. The lowest BCUT2D eigenvalue weighted by Crippen LogP contribution is -2.51. The molecule has 0 aliphatic carbocycles. The molecule has 1 saturated heterocycles. The van der Waals surface area contributed by atoms with Crippen LogP contribution in [0, 0.1) is 5.41 Å². The van der Waals surface area contributed by atoms with E-state index in [1.165, 1.54) is 0 Å². The predicted molar refractivity (Wildman–Crippen MR) is 124 cm³/mol. The van der Waals surface area contributed by atoms with Gasteiger partial charge in [0.15, 0.2) is 6.61 Å². The van der Waals surface area contributed by atoms with Crippen LogP contribution in [0.25, 0.3) is 0 Å². The first-order valence-corrected chi connectivity index (χ1v) is 11.5. The molecule has 0 aromatic heterocycles. The van der Waals surface area contributed by atoms with E-state index in [1.807, 2.05) is 53.4 Å². The Morgan fingerprint density at radius 3 is 2.39 bits per heavy atom. The van der Waals surface area contributed by atoms with Crippen LogP contribution in [0.3, 0.4) is 0 Å². The SMILES string of the molecule is CN1CC2(CCN(C(=O)c3ccccc3)CC2)C[C@@H](O)[C@@H](O)Cc2ccccc2OCC1=O. The number of benzene rings is 2. The van der Waals surface area contributed by atoms with Crippen LogP contribution in [-0.2, 0) is 11.2 Å². The van der Waals surface area contributed by atoms with E-state index in [2.05, 4.69) is 0 Å². The van der Waals surface area contributed by atoms with E-state index in [0.717, 1.165) is 5.56 Å². The minimum Gasteiger partial charge on any atom is -0.483 e. The van der Waals surface area contributed by atoms with Gasteiger partial charge in [-0.1, -0.05) is 36.4 Å². The van der Waals surface area contributed by atoms with E-state index >= 15 is 0 Å². The lowest BCUT2D eigenvalue weighted by atomic mass is 9.72. The Morgan fingerprint density at radius 1 is 1.00 bits per heavy atom. The zero-order chi connectivity index (χ0) is 23.4. The van der Waals surface area contributed by atoms with Crippen molar-refractivity contribution in [3.63, 3.8) is 0 Å². The number of fused-ring (bicyclic) bond motifs is 1. The molecule has 33 heavy (non-hydrogen) atoms. The molecule has 2 aromatic carbocycles. The number of carbonyl (C=O) groups is 2. The summed E-state index contributed by atoms with van der Waals surface area (Å²) in [7, 11) is 1.75. The van der Waals surface area contributed by atoms with E-state index < -0.39 is 17.6 Å². The van der Waals surface area contributed by atoms with Gasteiger partial charge in [-0.25, -0.2) is 0 Å². The van der Waals surface area contributed by atoms with E-state index in [-0.39, 0.29) is 24.8 Å². The number of carbonyl (C=O) groups excluding carboxylic acids is 2. The van der Waals surface area contributed by atoms with Crippen molar-refractivity contribution in [1.29, 1.82) is 0 Å². The number of piperidine rings is 1. The van der Waals surface area contributed by atoms with E-state index in [1.54, 1.807) is 18.0 Å². The van der Waals surface area contributed by atoms with Gasteiger partial charge in [-0.05, 0) is 48.4 Å². The largest absolute Gasteiger partial charge is 0.483 e. The summed E-state index contributed by atoms with van der Waals surface area (Å²) in [4.78, 5) is 29.2. The van der Waals surface area contributed by atoms with Crippen molar-refractivity contribution in [3.05, 3.63) is 65.7 Å². The number of likely N-dealkylation sites (N-methyl/N-ethyl adjacent to an activating group) is 1. The Hall–Kier alpha value is -2.90. The van der Waals surface area contributed by atoms with Crippen LogP contribution in [0.4, 0.5) is 0 Å². The second-order valence-corrected chi connectivity index (χ2v) is 9.35. The fraction of sp³-hybridized carbons (Fsp3) is 0.462. The van der Waals surface area contributed by atoms with Gasteiger partial charge < -0.3 is 24.7 Å². The Labute approximate surface area is 194 Å². The molecule has 0 saturated carbocycles. The lowest BCUT2D eigenvalue weighted by molar-refractivity contribution is -0.135. The molecule has 1 fully saturated rings. The number of aliphatic hydroxyl groups excluding tert-OH is 2. The van der Waals surface area contributed by atoms with Gasteiger partial charge in [0.1, 0.15) is 5.75 Å². The summed E-state index contributed by atoms with van der Waals surface area (Å²) in [6.45, 7) is 1.44. The Balaban J connectivity index is 1.52. The van der Waals surface area contributed by atoms with Crippen LogP contribution in [0.5, 0.6) is 5.75 Å². The molecule has 2 N–H and O–H groups in total. The second kappa shape index (κ2) is 9.93. The molecule has 2 aliphatic rings. The topological polar surface area (TPSA) is 90.3 Å². The maximum absolute atomic E-state index is 12.9. The summed E-state index contributed by atoms with van der Waals surface area (Å²) < 4.78 is 5.76. The van der Waals surface area contributed by atoms with Crippen LogP contribution in [0.2, 0.25) is 0 Å². The quantitative estimate of drug-likeness (QED) is 0.692. The molecule has 2 atom stereocenters. The van der Waals surface area contributed by atoms with Gasteiger partial charge in [-0.15, -0.1) is 0 Å². The summed E-state index contributed by atoms with van der Waals surface area (Å²) in [5.41, 5.74) is 1.03. The maximum Gasteiger partial charge on any atom is 0.260 e. The van der Waals surface area contributed by atoms with Gasteiger partial charge in [-0.3, -0.25) is 9.59 Å². The van der Waals surface area contributed by atoms with Gasteiger partial charge in [0.2, 0.25) is 0 Å². The number of likely N-dealkylation sites (tertiary alicyclic amines) is 1. The lowest BCUT2D eigenvalue weighted by Gasteiger charge is -2.45. The molecule has 2 aromatic rings. The van der Waals surface area contributed by atoms with Gasteiger partial charge >= 0.3 is 0 Å². The Kier molecular flexibility index (Phi) is 7.00. The highest BCUT2D eigenvalue weighted by Crippen LogP contribution is 2.38. The standard InChI is InChI=1S/C26H32N2O5/c1-27-18-26(11-13-28(14-12-26)25(32)19-7-3-2-4-8-19)16-22(30)21(29)15-20-9-5-6-10-23(20)33-17-24(27)31/h2-10,21-22,29-30H,11-18H2,1H3/t21-,22+/m0/s1. The molecule has 2 aliphatic heterocycles. The third-order valence-electron chi connectivity index (χ3n) is 6.97. The fourth-order valence-corrected chi connectivity index (χ4v) is 4.97. The highest BCUT2D eigenvalue weighted by molar-refractivity contribution is 5.94. The maximum atomic E-state index is 12.9. The number of nitrogens with zero attached hydrogens (tertiary/aromatic N) is 2. The molecule has 1 spiro atoms. The van der Waals surface area contributed by atoms with Crippen LogP contribution in [-0.4, -0.2) is 77.3 Å². The van der Waals surface area contributed by atoms with Gasteiger partial charge in [0, 0.05) is 38.7 Å². The van der Waals surface area contributed by atoms with Crippen LogP contribution < -0.4 is 4.74 Å². The molecule has 7 nitrogen and oxygen atoms in total. The summed E-state index contributed by atoms with van der Waals surface area (Å²) in [6.07, 6.45) is 0.000913. The zero-order valence-corrected chi connectivity index (χ0v) is 19.0. The fourth-order valence-electron chi connectivity index (χ4n) is 4.97. The summed E-state index contributed by atoms with van der Waals surface area (Å²) in [6, 6.07) is 16.5. The average molecular weight is 453 g/mol. The van der Waals surface area contributed by atoms with Crippen molar-refractivity contribution in [1.82, 2.24) is 9.80 Å². The van der Waals surface area contributed by atoms with Crippen LogP contribution >= 0.6 is 0 Å². The summed E-state index contributed by atoms with van der Waals surface area (Å²) >= 11 is 0. The first kappa shape index (κ1) is 23.3. The number of ether oxygens (including phenoxy) is 1. The van der Waals surface area contributed by atoms with Gasteiger partial charge in [0.25, 0.3) is 11.8 Å². The molecule has 7 heteroatoms. The normalized spacial score (nSPS) is 23.8. The van der Waals surface area contributed by atoms with E-state index in [4.69, 9.17) is 4.74 Å². The van der Waals surface area contributed by atoms with Crippen molar-refractivity contribution in [3.8, 4) is 5.75 Å². The smallest absolute Gasteiger partial charge is 0.260 e. The highest BCUT2D eigenvalue weighted by Gasteiger charge is 2.41. The van der Waals surface area contributed by atoms with E-state index in [0.29, 0.717) is 50.2 Å². The first-order chi connectivity index (χ1) is 15.9. The third-order valence-corrected chi connectivity index (χ3v) is 6.97. The van der Waals surface area contributed by atoms with Crippen molar-refractivity contribution in [2.45, 2.75) is 37.9 Å². The Morgan fingerprint density at radius 2 is 1.67 bits per heavy atom. The molecular weight excluding hydrogens is 420 g/mol. The highest BCUT2D eigenvalue weighted by atomic mass is 16.5. The number of hydrogen-bond donors (Lipinski definition) is 2. The number of aliphatic hydroxyl groups is 2. The van der Waals surface area contributed by atoms with Crippen molar-refractivity contribution in [2.24, 2.45) is 5.41 Å². The molecule has 176 valence electrons. The van der Waals surface area contributed by atoms with E-state index in [9.17, 15) is 19.8 Å². The number of amides is 2. The first-order valence-electron chi connectivity index (χ1n) is 11.5.